The highest BCUT2D eigenvalue weighted by molar-refractivity contribution is 7.89. The summed E-state index contributed by atoms with van der Waals surface area (Å²) in [5.74, 6) is -0.187. The summed E-state index contributed by atoms with van der Waals surface area (Å²) in [5, 5.41) is 0.447. The normalized spacial score (nSPS) is 14.6. The molecule has 1 aliphatic heterocycles. The van der Waals surface area contributed by atoms with E-state index < -0.39 is 28.5 Å². The van der Waals surface area contributed by atoms with Crippen molar-refractivity contribution in [1.29, 1.82) is 0 Å². The monoisotopic (exact) mass is 496 g/mol. The lowest BCUT2D eigenvalue weighted by atomic mass is 10.2. The average molecular weight is 497 g/mol. The molecule has 9 nitrogen and oxygen atoms in total. The van der Waals surface area contributed by atoms with Crippen molar-refractivity contribution < 1.29 is 32.2 Å². The maximum absolute atomic E-state index is 12.8. The Balaban J connectivity index is 1.53. The molecule has 0 bridgehead atoms. The summed E-state index contributed by atoms with van der Waals surface area (Å²) in [7, 11) is -2.21. The molecule has 1 saturated heterocycles. The molecule has 0 aliphatic carbocycles. The van der Waals surface area contributed by atoms with Crippen molar-refractivity contribution in [3.05, 3.63) is 53.1 Å². The molecule has 3 rings (SSSR count). The van der Waals surface area contributed by atoms with Crippen LogP contribution in [0.2, 0.25) is 5.02 Å². The van der Waals surface area contributed by atoms with Crippen LogP contribution in [-0.2, 0) is 19.6 Å². The van der Waals surface area contributed by atoms with Crippen molar-refractivity contribution in [1.82, 2.24) is 9.21 Å². The van der Waals surface area contributed by atoms with Gasteiger partial charge in [-0.2, -0.15) is 4.31 Å². The molecule has 0 saturated carbocycles. The number of carbonyl (C=O) groups is 2. The molecule has 0 spiro atoms. The second-order valence-corrected chi connectivity index (χ2v) is 9.49. The van der Waals surface area contributed by atoms with Crippen molar-refractivity contribution in [2.24, 2.45) is 0 Å². The molecule has 1 aliphatic rings. The van der Waals surface area contributed by atoms with E-state index in [0.717, 1.165) is 0 Å². The third-order valence-corrected chi connectivity index (χ3v) is 7.23. The van der Waals surface area contributed by atoms with E-state index in [1.807, 2.05) is 6.92 Å². The van der Waals surface area contributed by atoms with Crippen LogP contribution in [0.15, 0.2) is 47.4 Å². The first-order valence-electron chi connectivity index (χ1n) is 10.3. The van der Waals surface area contributed by atoms with Gasteiger partial charge in [0.15, 0.2) is 18.1 Å². The van der Waals surface area contributed by atoms with Crippen LogP contribution in [0.25, 0.3) is 0 Å². The van der Waals surface area contributed by atoms with E-state index in [0.29, 0.717) is 23.1 Å². The summed E-state index contributed by atoms with van der Waals surface area (Å²) in [6.07, 6.45) is 0. The maximum Gasteiger partial charge on any atom is 0.338 e. The van der Waals surface area contributed by atoms with E-state index in [-0.39, 0.29) is 36.6 Å². The van der Waals surface area contributed by atoms with Gasteiger partial charge in [-0.15, -0.1) is 0 Å². The van der Waals surface area contributed by atoms with E-state index in [1.165, 1.54) is 52.7 Å². The van der Waals surface area contributed by atoms with Gasteiger partial charge in [-0.1, -0.05) is 11.6 Å². The zero-order chi connectivity index (χ0) is 24.0. The third-order valence-electron chi connectivity index (χ3n) is 5.07. The van der Waals surface area contributed by atoms with Crippen LogP contribution < -0.4 is 9.47 Å². The lowest BCUT2D eigenvalue weighted by Crippen LogP contribution is -2.51. The summed E-state index contributed by atoms with van der Waals surface area (Å²) in [6.45, 7) is 2.50. The Morgan fingerprint density at radius 3 is 2.27 bits per heavy atom. The highest BCUT2D eigenvalue weighted by Gasteiger charge is 2.30. The molecule has 1 fully saturated rings. The second-order valence-electron chi connectivity index (χ2n) is 7.11. The predicted octanol–water partition coefficient (Wildman–Crippen LogP) is 2.44. The van der Waals surface area contributed by atoms with Gasteiger partial charge in [0.05, 0.1) is 24.2 Å². The molecule has 2 aromatic carbocycles. The van der Waals surface area contributed by atoms with Gasteiger partial charge in [0.2, 0.25) is 10.0 Å². The quantitative estimate of drug-likeness (QED) is 0.517. The number of amides is 1. The Hall–Kier alpha value is -2.82. The van der Waals surface area contributed by atoms with Gasteiger partial charge in [0.1, 0.15) is 0 Å². The van der Waals surface area contributed by atoms with Crippen LogP contribution in [0.4, 0.5) is 0 Å². The number of hydrogen-bond acceptors (Lipinski definition) is 7. The molecule has 0 N–H and O–H groups in total. The van der Waals surface area contributed by atoms with Crippen molar-refractivity contribution >= 4 is 33.5 Å². The van der Waals surface area contributed by atoms with Crippen molar-refractivity contribution in [2.75, 3.05) is 46.5 Å². The molecule has 0 aromatic heterocycles. The number of ether oxygens (including phenoxy) is 3. The summed E-state index contributed by atoms with van der Waals surface area (Å²) in [5.41, 5.74) is 0.224. The zero-order valence-electron chi connectivity index (χ0n) is 18.3. The van der Waals surface area contributed by atoms with Crippen LogP contribution in [0.3, 0.4) is 0 Å². The standard InChI is InChI=1S/C22H25ClN2O7S/c1-3-31-19-9-4-16(14-20(19)30-2)22(27)32-15-21(26)24-10-12-25(13-11-24)33(28,29)18-7-5-17(23)6-8-18/h4-9,14H,3,10-13,15H2,1-2H3. The fourth-order valence-electron chi connectivity index (χ4n) is 3.30. The fraction of sp³-hybridized carbons (Fsp3) is 0.364. The number of benzene rings is 2. The van der Waals surface area contributed by atoms with Gasteiger partial charge in [-0.3, -0.25) is 4.79 Å². The smallest absolute Gasteiger partial charge is 0.338 e. The Morgan fingerprint density at radius 1 is 1.00 bits per heavy atom. The molecule has 0 unspecified atom stereocenters. The SMILES string of the molecule is CCOc1ccc(C(=O)OCC(=O)N2CCN(S(=O)(=O)c3ccc(Cl)cc3)CC2)cc1OC. The van der Waals surface area contributed by atoms with E-state index in [4.69, 9.17) is 25.8 Å². The third kappa shape index (κ3) is 5.95. The minimum absolute atomic E-state index is 0.140. The van der Waals surface area contributed by atoms with Crippen LogP contribution in [0.5, 0.6) is 11.5 Å². The second kappa shape index (κ2) is 10.9. The van der Waals surface area contributed by atoms with Crippen molar-refractivity contribution in [3.63, 3.8) is 0 Å². The first-order chi connectivity index (χ1) is 15.8. The topological polar surface area (TPSA) is 102 Å². The highest BCUT2D eigenvalue weighted by Crippen LogP contribution is 2.28. The molecule has 1 amide bonds. The minimum atomic E-state index is -3.67. The number of rotatable bonds is 8. The van der Waals surface area contributed by atoms with E-state index >= 15 is 0 Å². The fourth-order valence-corrected chi connectivity index (χ4v) is 4.85. The Morgan fingerprint density at radius 2 is 1.67 bits per heavy atom. The van der Waals surface area contributed by atoms with Crippen LogP contribution in [0, 0.1) is 0 Å². The number of sulfonamides is 1. The lowest BCUT2D eigenvalue weighted by Gasteiger charge is -2.33. The Labute approximate surface area is 197 Å². The van der Waals surface area contributed by atoms with Gasteiger partial charge < -0.3 is 19.1 Å². The van der Waals surface area contributed by atoms with Crippen molar-refractivity contribution in [3.8, 4) is 11.5 Å². The van der Waals surface area contributed by atoms with Crippen LogP contribution in [0.1, 0.15) is 17.3 Å². The molecule has 1 heterocycles. The predicted molar refractivity (Wildman–Crippen MR) is 121 cm³/mol. The lowest BCUT2D eigenvalue weighted by molar-refractivity contribution is -0.135. The first kappa shape index (κ1) is 24.8. The van der Waals surface area contributed by atoms with Gasteiger partial charge >= 0.3 is 5.97 Å². The minimum Gasteiger partial charge on any atom is -0.493 e. The molecule has 33 heavy (non-hydrogen) atoms. The number of nitrogens with zero attached hydrogens (tertiary/aromatic N) is 2. The number of methoxy groups -OCH3 is 1. The number of hydrogen-bond donors (Lipinski definition) is 0. The average Bonchev–Trinajstić information content (AvgIpc) is 2.83. The summed E-state index contributed by atoms with van der Waals surface area (Å²) in [6, 6.07) is 10.5. The number of carbonyl (C=O) groups excluding carboxylic acids is 2. The molecule has 178 valence electrons. The summed E-state index contributed by atoms with van der Waals surface area (Å²) in [4.78, 5) is 26.4. The van der Waals surface area contributed by atoms with Gasteiger partial charge in [0, 0.05) is 31.2 Å². The van der Waals surface area contributed by atoms with Gasteiger partial charge in [-0.25, -0.2) is 13.2 Å². The maximum atomic E-state index is 12.8. The molecule has 0 radical (unpaired) electrons. The molecular formula is C22H25ClN2O7S. The van der Waals surface area contributed by atoms with E-state index in [9.17, 15) is 18.0 Å². The zero-order valence-corrected chi connectivity index (χ0v) is 19.9. The number of piperazine rings is 1. The van der Waals surface area contributed by atoms with Crippen LogP contribution >= 0.6 is 11.6 Å². The molecule has 0 atom stereocenters. The van der Waals surface area contributed by atoms with E-state index in [1.54, 1.807) is 6.07 Å². The largest absolute Gasteiger partial charge is 0.493 e. The van der Waals surface area contributed by atoms with E-state index in [2.05, 4.69) is 0 Å². The summed E-state index contributed by atoms with van der Waals surface area (Å²) >= 11 is 5.83. The Bertz CT molecular complexity index is 1100. The highest BCUT2D eigenvalue weighted by atomic mass is 35.5. The number of halogens is 1. The number of esters is 1. The molecule has 11 heteroatoms. The molecular weight excluding hydrogens is 472 g/mol. The molecule has 2 aromatic rings. The first-order valence-corrected chi connectivity index (χ1v) is 12.1. The van der Waals surface area contributed by atoms with Crippen LogP contribution in [-0.4, -0.2) is 76.0 Å². The Kier molecular flexibility index (Phi) is 8.17. The van der Waals surface area contributed by atoms with Crippen molar-refractivity contribution in [2.45, 2.75) is 11.8 Å². The van der Waals surface area contributed by atoms with Gasteiger partial charge in [0.25, 0.3) is 5.91 Å². The summed E-state index contributed by atoms with van der Waals surface area (Å²) < 4.78 is 42.6. The van der Waals surface area contributed by atoms with Gasteiger partial charge in [-0.05, 0) is 49.4 Å².